The number of nitrogens with zero attached hydrogens (tertiary/aromatic N) is 1. The summed E-state index contributed by atoms with van der Waals surface area (Å²) in [6.07, 6.45) is 6.32. The summed E-state index contributed by atoms with van der Waals surface area (Å²) in [5, 5.41) is 3.14. The maximum atomic E-state index is 12.5. The van der Waals surface area contributed by atoms with Crippen molar-refractivity contribution < 1.29 is 9.53 Å². The zero-order valence-corrected chi connectivity index (χ0v) is 12.7. The molecule has 0 aromatic carbocycles. The molecule has 2 fully saturated rings. The third-order valence-corrected chi connectivity index (χ3v) is 4.27. The Morgan fingerprint density at radius 2 is 2.37 bits per heavy atom. The molecule has 0 bridgehead atoms. The summed E-state index contributed by atoms with van der Waals surface area (Å²) < 4.78 is 8.54. The summed E-state index contributed by atoms with van der Waals surface area (Å²) in [4.78, 5) is 12.5. The van der Waals surface area contributed by atoms with Gasteiger partial charge in [-0.25, -0.2) is 0 Å². The topological polar surface area (TPSA) is 43.3 Å². The standard InChI is InChI=1S/C14H19BrN2O2/c1-14(5-2-6-19-9-14)16-13(18)12-7-10(15)8-17(12)11-3-4-11/h7-8,11H,2-6,9H2,1H3,(H,16,18). The predicted octanol–water partition coefficient (Wildman–Crippen LogP) is 2.88. The lowest BCUT2D eigenvalue weighted by Gasteiger charge is -2.34. The summed E-state index contributed by atoms with van der Waals surface area (Å²) in [7, 11) is 0. The van der Waals surface area contributed by atoms with Gasteiger partial charge in [-0.3, -0.25) is 4.79 Å². The molecule has 3 rings (SSSR count). The molecule has 5 heteroatoms. The molecule has 1 N–H and O–H groups in total. The van der Waals surface area contributed by atoms with E-state index in [1.54, 1.807) is 0 Å². The van der Waals surface area contributed by atoms with E-state index in [4.69, 9.17) is 4.74 Å². The molecule has 1 atom stereocenters. The van der Waals surface area contributed by atoms with E-state index >= 15 is 0 Å². The van der Waals surface area contributed by atoms with Crippen molar-refractivity contribution >= 4 is 21.8 Å². The van der Waals surface area contributed by atoms with Crippen LogP contribution < -0.4 is 5.32 Å². The van der Waals surface area contributed by atoms with Crippen LogP contribution in [-0.2, 0) is 4.74 Å². The number of halogens is 1. The Bertz CT molecular complexity index is 488. The lowest BCUT2D eigenvalue weighted by molar-refractivity contribution is 0.0270. The Morgan fingerprint density at radius 3 is 3.00 bits per heavy atom. The number of nitrogens with one attached hydrogen (secondary N) is 1. The summed E-state index contributed by atoms with van der Waals surface area (Å²) in [5.41, 5.74) is 0.515. The highest BCUT2D eigenvalue weighted by Crippen LogP contribution is 2.37. The third-order valence-electron chi connectivity index (χ3n) is 3.84. The highest BCUT2D eigenvalue weighted by molar-refractivity contribution is 9.10. The summed E-state index contributed by atoms with van der Waals surface area (Å²) >= 11 is 3.46. The smallest absolute Gasteiger partial charge is 0.268 e. The molecule has 1 aromatic rings. The number of ether oxygens (including phenoxy) is 1. The van der Waals surface area contributed by atoms with Gasteiger partial charge >= 0.3 is 0 Å². The lowest BCUT2D eigenvalue weighted by Crippen LogP contribution is -2.51. The van der Waals surface area contributed by atoms with Crippen molar-refractivity contribution in [2.24, 2.45) is 0 Å². The zero-order chi connectivity index (χ0) is 13.5. The molecule has 4 nitrogen and oxygen atoms in total. The van der Waals surface area contributed by atoms with E-state index in [0.717, 1.165) is 29.6 Å². The minimum atomic E-state index is -0.236. The van der Waals surface area contributed by atoms with Crippen LogP contribution in [0.2, 0.25) is 0 Å². The Hall–Kier alpha value is -0.810. The highest BCUT2D eigenvalue weighted by atomic mass is 79.9. The van der Waals surface area contributed by atoms with Gasteiger partial charge in [-0.15, -0.1) is 0 Å². The molecule has 0 spiro atoms. The number of hydrogen-bond acceptors (Lipinski definition) is 2. The maximum absolute atomic E-state index is 12.5. The van der Waals surface area contributed by atoms with Crippen molar-refractivity contribution in [1.29, 1.82) is 0 Å². The molecular formula is C14H19BrN2O2. The first-order valence-electron chi connectivity index (χ1n) is 6.85. The van der Waals surface area contributed by atoms with Crippen molar-refractivity contribution in [3.8, 4) is 0 Å². The first-order chi connectivity index (χ1) is 9.07. The van der Waals surface area contributed by atoms with E-state index < -0.39 is 0 Å². The van der Waals surface area contributed by atoms with Gasteiger partial charge in [-0.1, -0.05) is 0 Å². The molecule has 0 radical (unpaired) electrons. The van der Waals surface area contributed by atoms with Crippen LogP contribution in [0, 0.1) is 0 Å². The van der Waals surface area contributed by atoms with Crippen LogP contribution in [0.1, 0.15) is 49.1 Å². The Balaban J connectivity index is 1.76. The number of hydrogen-bond donors (Lipinski definition) is 1. The monoisotopic (exact) mass is 326 g/mol. The third kappa shape index (κ3) is 2.87. The molecule has 2 heterocycles. The quantitative estimate of drug-likeness (QED) is 0.928. The molecule has 1 aromatic heterocycles. The first-order valence-corrected chi connectivity index (χ1v) is 7.64. The van der Waals surface area contributed by atoms with E-state index in [-0.39, 0.29) is 11.4 Å². The summed E-state index contributed by atoms with van der Waals surface area (Å²) in [6, 6.07) is 2.41. The van der Waals surface area contributed by atoms with E-state index in [1.165, 1.54) is 12.8 Å². The van der Waals surface area contributed by atoms with Gasteiger partial charge in [0.1, 0.15) is 5.69 Å². The predicted molar refractivity (Wildman–Crippen MR) is 76.3 cm³/mol. The van der Waals surface area contributed by atoms with Gasteiger partial charge in [0.05, 0.1) is 12.1 Å². The largest absolute Gasteiger partial charge is 0.379 e. The van der Waals surface area contributed by atoms with Crippen LogP contribution >= 0.6 is 15.9 Å². The molecular weight excluding hydrogens is 308 g/mol. The minimum Gasteiger partial charge on any atom is -0.379 e. The van der Waals surface area contributed by atoms with Crippen LogP contribution in [0.3, 0.4) is 0 Å². The molecule has 1 saturated carbocycles. The van der Waals surface area contributed by atoms with Gasteiger partial charge in [0.2, 0.25) is 0 Å². The fraction of sp³-hybridized carbons (Fsp3) is 0.643. The van der Waals surface area contributed by atoms with Crippen LogP contribution in [-0.4, -0.2) is 29.2 Å². The molecule has 104 valence electrons. The average Bonchev–Trinajstić information content (AvgIpc) is 3.12. The van der Waals surface area contributed by atoms with E-state index in [2.05, 4.69) is 32.7 Å². The Labute approximate surface area is 121 Å². The second kappa shape index (κ2) is 4.94. The minimum absolute atomic E-state index is 0.00519. The molecule has 19 heavy (non-hydrogen) atoms. The number of rotatable bonds is 3. The lowest BCUT2D eigenvalue weighted by atomic mass is 9.95. The molecule has 2 aliphatic rings. The van der Waals surface area contributed by atoms with Crippen LogP contribution in [0.15, 0.2) is 16.7 Å². The van der Waals surface area contributed by atoms with Gasteiger partial charge in [0.15, 0.2) is 0 Å². The fourth-order valence-electron chi connectivity index (χ4n) is 2.65. The van der Waals surface area contributed by atoms with Crippen molar-refractivity contribution in [1.82, 2.24) is 9.88 Å². The molecule has 1 unspecified atom stereocenters. The number of carbonyl (C=O) groups is 1. The second-order valence-electron chi connectivity index (χ2n) is 5.85. The maximum Gasteiger partial charge on any atom is 0.268 e. The molecule has 1 amide bonds. The second-order valence-corrected chi connectivity index (χ2v) is 6.77. The Morgan fingerprint density at radius 1 is 1.58 bits per heavy atom. The van der Waals surface area contributed by atoms with E-state index in [9.17, 15) is 4.79 Å². The van der Waals surface area contributed by atoms with Crippen molar-refractivity contribution in [3.63, 3.8) is 0 Å². The van der Waals surface area contributed by atoms with Crippen molar-refractivity contribution in [2.45, 2.75) is 44.2 Å². The molecule has 1 saturated heterocycles. The molecule has 1 aliphatic carbocycles. The normalized spacial score (nSPS) is 27.3. The average molecular weight is 327 g/mol. The van der Waals surface area contributed by atoms with Gasteiger partial charge in [0.25, 0.3) is 5.91 Å². The number of carbonyl (C=O) groups excluding carboxylic acids is 1. The SMILES string of the molecule is CC1(NC(=O)c2cc(Br)cn2C2CC2)CCCOC1. The van der Waals surface area contributed by atoms with E-state index in [0.29, 0.717) is 12.6 Å². The first kappa shape index (κ1) is 13.2. The highest BCUT2D eigenvalue weighted by Gasteiger charge is 2.32. The van der Waals surface area contributed by atoms with Crippen LogP contribution in [0.25, 0.3) is 0 Å². The van der Waals surface area contributed by atoms with Crippen LogP contribution in [0.4, 0.5) is 0 Å². The number of amides is 1. The van der Waals surface area contributed by atoms with E-state index in [1.807, 2.05) is 12.3 Å². The zero-order valence-electron chi connectivity index (χ0n) is 11.1. The van der Waals surface area contributed by atoms with Gasteiger partial charge in [-0.05, 0) is 54.6 Å². The van der Waals surface area contributed by atoms with Crippen molar-refractivity contribution in [2.75, 3.05) is 13.2 Å². The summed E-state index contributed by atoms with van der Waals surface area (Å²) in [6.45, 7) is 3.46. The van der Waals surface area contributed by atoms with Gasteiger partial charge < -0.3 is 14.6 Å². The van der Waals surface area contributed by atoms with Gasteiger partial charge in [0, 0.05) is 23.3 Å². The Kier molecular flexibility index (Phi) is 3.43. The van der Waals surface area contributed by atoms with Gasteiger partial charge in [-0.2, -0.15) is 0 Å². The molecule has 1 aliphatic heterocycles. The van der Waals surface area contributed by atoms with Crippen LogP contribution in [0.5, 0.6) is 0 Å². The van der Waals surface area contributed by atoms with Crippen molar-refractivity contribution in [3.05, 3.63) is 22.4 Å². The summed E-state index contributed by atoms with van der Waals surface area (Å²) in [5.74, 6) is 0.00519. The fourth-order valence-corrected chi connectivity index (χ4v) is 3.09. The number of aromatic nitrogens is 1.